The first-order valence-corrected chi connectivity index (χ1v) is 2.14. The quantitative estimate of drug-likeness (QED) is 0.527. The molecule has 0 saturated heterocycles. The summed E-state index contributed by atoms with van der Waals surface area (Å²) in [5.41, 5.74) is 0.558. The highest BCUT2D eigenvalue weighted by Gasteiger charge is 1.86. The molecule has 0 unspecified atom stereocenters. The van der Waals surface area contributed by atoms with Crippen LogP contribution in [0.3, 0.4) is 0 Å². The number of aliphatic hydroxyl groups excluding tert-OH is 1. The van der Waals surface area contributed by atoms with Gasteiger partial charge in [-0.05, 0) is 12.0 Å². The van der Waals surface area contributed by atoms with Crippen molar-refractivity contribution in [2.45, 2.75) is 6.42 Å². The lowest BCUT2D eigenvalue weighted by Gasteiger charge is -1.91. The minimum atomic E-state index is -0.417. The summed E-state index contributed by atoms with van der Waals surface area (Å²) < 4.78 is 11.3. The van der Waals surface area contributed by atoms with Crippen LogP contribution in [0, 0.1) is 0 Å². The molecule has 0 amide bonds. The van der Waals surface area contributed by atoms with Crippen molar-refractivity contribution < 1.29 is 9.50 Å². The van der Waals surface area contributed by atoms with Crippen molar-refractivity contribution in [2.24, 2.45) is 0 Å². The zero-order valence-corrected chi connectivity index (χ0v) is 4.15. The Bertz CT molecular complexity index is 61.1. The maximum atomic E-state index is 11.3. The maximum Gasteiger partial charge on any atom is 0.0932 e. The number of aliphatic hydroxyl groups is 1. The molecule has 7 heavy (non-hydrogen) atoms. The zero-order valence-electron chi connectivity index (χ0n) is 4.15. The average molecular weight is 104 g/mol. The molecule has 0 bridgehead atoms. The molecule has 2 heteroatoms. The van der Waals surface area contributed by atoms with E-state index in [4.69, 9.17) is 5.11 Å². The molecule has 0 aromatic carbocycles. The molecular formula is C5H9FO. The predicted octanol–water partition coefficient (Wildman–Crippen LogP) is 0.895. The highest BCUT2D eigenvalue weighted by Crippen LogP contribution is 1.93. The van der Waals surface area contributed by atoms with Crippen LogP contribution in [0.2, 0.25) is 0 Å². The van der Waals surface area contributed by atoms with Crippen molar-refractivity contribution in [3.8, 4) is 0 Å². The number of halogens is 1. The standard InChI is InChI=1S/C5H9FO/c1-5(4-7)2-3-6/h7H,1-4H2. The highest BCUT2D eigenvalue weighted by atomic mass is 19.1. The Hall–Kier alpha value is -0.370. The molecule has 1 nitrogen and oxygen atoms in total. The van der Waals surface area contributed by atoms with Gasteiger partial charge in [0, 0.05) is 0 Å². The lowest BCUT2D eigenvalue weighted by Crippen LogP contribution is -1.88. The van der Waals surface area contributed by atoms with Gasteiger partial charge in [0.2, 0.25) is 0 Å². The van der Waals surface area contributed by atoms with Crippen LogP contribution >= 0.6 is 0 Å². The largest absolute Gasteiger partial charge is 0.392 e. The van der Waals surface area contributed by atoms with E-state index in [0.29, 0.717) is 5.57 Å². The van der Waals surface area contributed by atoms with Gasteiger partial charge >= 0.3 is 0 Å². The third-order valence-electron chi connectivity index (χ3n) is 0.672. The molecular weight excluding hydrogens is 95.1 g/mol. The summed E-state index contributed by atoms with van der Waals surface area (Å²) in [6, 6.07) is 0. The van der Waals surface area contributed by atoms with E-state index in [1.54, 1.807) is 0 Å². The van der Waals surface area contributed by atoms with E-state index in [1.165, 1.54) is 0 Å². The van der Waals surface area contributed by atoms with E-state index in [1.807, 2.05) is 0 Å². The summed E-state index contributed by atoms with van der Waals surface area (Å²) in [6.45, 7) is 2.86. The number of rotatable bonds is 3. The van der Waals surface area contributed by atoms with Gasteiger partial charge in [-0.3, -0.25) is 4.39 Å². The molecule has 0 aliphatic heterocycles. The molecule has 0 aliphatic rings. The van der Waals surface area contributed by atoms with Crippen LogP contribution in [0.1, 0.15) is 6.42 Å². The van der Waals surface area contributed by atoms with E-state index in [2.05, 4.69) is 6.58 Å². The first-order chi connectivity index (χ1) is 3.31. The Kier molecular flexibility index (Phi) is 3.61. The highest BCUT2D eigenvalue weighted by molar-refractivity contribution is 4.92. The first-order valence-electron chi connectivity index (χ1n) is 2.14. The molecule has 0 aromatic rings. The fourth-order valence-corrected chi connectivity index (χ4v) is 0.213. The van der Waals surface area contributed by atoms with Crippen molar-refractivity contribution >= 4 is 0 Å². The summed E-state index contributed by atoms with van der Waals surface area (Å²) in [4.78, 5) is 0. The van der Waals surface area contributed by atoms with Gasteiger partial charge in [-0.1, -0.05) is 6.58 Å². The van der Waals surface area contributed by atoms with Crippen molar-refractivity contribution in [3.05, 3.63) is 12.2 Å². The van der Waals surface area contributed by atoms with Crippen LogP contribution in [0.15, 0.2) is 12.2 Å². The van der Waals surface area contributed by atoms with E-state index in [9.17, 15) is 4.39 Å². The summed E-state index contributed by atoms with van der Waals surface area (Å²) in [5.74, 6) is 0. The lowest BCUT2D eigenvalue weighted by molar-refractivity contribution is 0.322. The molecule has 0 spiro atoms. The molecule has 1 N–H and O–H groups in total. The van der Waals surface area contributed by atoms with E-state index >= 15 is 0 Å². The summed E-state index contributed by atoms with van der Waals surface area (Å²) in [5, 5.41) is 8.20. The van der Waals surface area contributed by atoms with Crippen LogP contribution in [0.25, 0.3) is 0 Å². The Balaban J connectivity index is 3.00. The maximum absolute atomic E-state index is 11.3. The molecule has 0 rings (SSSR count). The van der Waals surface area contributed by atoms with Gasteiger partial charge in [0.15, 0.2) is 0 Å². The molecule has 0 fully saturated rings. The van der Waals surface area contributed by atoms with Gasteiger partial charge in [-0.15, -0.1) is 0 Å². The van der Waals surface area contributed by atoms with Gasteiger partial charge in [0.1, 0.15) is 0 Å². The molecule has 0 aliphatic carbocycles. The summed E-state index contributed by atoms with van der Waals surface area (Å²) in [7, 11) is 0. The minimum Gasteiger partial charge on any atom is -0.392 e. The predicted molar refractivity (Wildman–Crippen MR) is 26.8 cm³/mol. The second-order valence-electron chi connectivity index (χ2n) is 1.35. The topological polar surface area (TPSA) is 20.2 Å². The monoisotopic (exact) mass is 104 g/mol. The van der Waals surface area contributed by atoms with E-state index in [-0.39, 0.29) is 13.0 Å². The Labute approximate surface area is 42.5 Å². The van der Waals surface area contributed by atoms with Gasteiger partial charge in [0.05, 0.1) is 13.3 Å². The Morgan fingerprint density at radius 1 is 1.71 bits per heavy atom. The van der Waals surface area contributed by atoms with E-state index in [0.717, 1.165) is 0 Å². The van der Waals surface area contributed by atoms with Gasteiger partial charge in [-0.25, -0.2) is 0 Å². The van der Waals surface area contributed by atoms with E-state index < -0.39 is 6.67 Å². The van der Waals surface area contributed by atoms with Gasteiger partial charge in [0.25, 0.3) is 0 Å². The van der Waals surface area contributed by atoms with Crippen molar-refractivity contribution in [2.75, 3.05) is 13.3 Å². The third-order valence-corrected chi connectivity index (χ3v) is 0.672. The van der Waals surface area contributed by atoms with Crippen LogP contribution in [0.4, 0.5) is 4.39 Å². The number of hydrogen-bond acceptors (Lipinski definition) is 1. The van der Waals surface area contributed by atoms with Crippen molar-refractivity contribution in [3.63, 3.8) is 0 Å². The second-order valence-corrected chi connectivity index (χ2v) is 1.35. The molecule has 0 saturated carbocycles. The van der Waals surface area contributed by atoms with Crippen molar-refractivity contribution in [1.29, 1.82) is 0 Å². The molecule has 0 heterocycles. The van der Waals surface area contributed by atoms with Crippen molar-refractivity contribution in [1.82, 2.24) is 0 Å². The molecule has 42 valence electrons. The summed E-state index contributed by atoms with van der Waals surface area (Å²) >= 11 is 0. The lowest BCUT2D eigenvalue weighted by atomic mass is 10.2. The molecule has 0 radical (unpaired) electrons. The van der Waals surface area contributed by atoms with Crippen LogP contribution in [-0.4, -0.2) is 18.4 Å². The van der Waals surface area contributed by atoms with Gasteiger partial charge in [-0.2, -0.15) is 0 Å². The fraction of sp³-hybridized carbons (Fsp3) is 0.600. The Morgan fingerprint density at radius 2 is 2.29 bits per heavy atom. The first kappa shape index (κ1) is 6.63. The summed E-state index contributed by atoms with van der Waals surface area (Å²) in [6.07, 6.45) is 0.288. The van der Waals surface area contributed by atoms with Crippen LogP contribution in [0.5, 0.6) is 0 Å². The van der Waals surface area contributed by atoms with Crippen LogP contribution in [-0.2, 0) is 0 Å². The SMILES string of the molecule is C=C(CO)CCF. The van der Waals surface area contributed by atoms with Crippen LogP contribution < -0.4 is 0 Å². The normalized spacial score (nSPS) is 8.86. The number of alkyl halides is 1. The second kappa shape index (κ2) is 3.81. The minimum absolute atomic E-state index is 0.0933. The smallest absolute Gasteiger partial charge is 0.0932 e. The third kappa shape index (κ3) is 3.46. The molecule has 0 atom stereocenters. The average Bonchev–Trinajstić information content (AvgIpc) is 1.68. The fourth-order valence-electron chi connectivity index (χ4n) is 0.213. The zero-order chi connectivity index (χ0) is 5.70. The molecule has 0 aromatic heterocycles. The number of hydrogen-bond donors (Lipinski definition) is 1. The Morgan fingerprint density at radius 3 is 2.43 bits per heavy atom. The van der Waals surface area contributed by atoms with Gasteiger partial charge < -0.3 is 5.11 Å².